The van der Waals surface area contributed by atoms with Gasteiger partial charge in [-0.15, -0.1) is 0 Å². The first-order chi connectivity index (χ1) is 22.6. The van der Waals surface area contributed by atoms with Crippen molar-refractivity contribution >= 4 is 22.7 Å². The quantitative estimate of drug-likeness (QED) is 0.0608. The first-order valence-electron chi connectivity index (χ1n) is 13.3. The molecular formula is C30H24F12N4O4. The van der Waals surface area contributed by atoms with Crippen LogP contribution in [0.25, 0.3) is 0 Å². The lowest BCUT2D eigenvalue weighted by molar-refractivity contribution is -0.290. The third kappa shape index (κ3) is 6.43. The number of anilines is 4. The Hall–Kier alpha value is -5.56. The molecule has 0 radical (unpaired) electrons. The molecule has 4 aromatic carbocycles. The zero-order chi connectivity index (χ0) is 38.4. The van der Waals surface area contributed by atoms with E-state index < -0.39 is 92.2 Å². The Balaban J connectivity index is 0.000000270. The Morgan fingerprint density at radius 1 is 0.320 bits per heavy atom. The molecule has 50 heavy (non-hydrogen) atoms. The van der Waals surface area contributed by atoms with E-state index in [9.17, 15) is 73.1 Å². The minimum absolute atomic E-state index is 0.295. The van der Waals surface area contributed by atoms with Gasteiger partial charge < -0.3 is 43.4 Å². The van der Waals surface area contributed by atoms with Crippen molar-refractivity contribution in [3.63, 3.8) is 0 Å². The van der Waals surface area contributed by atoms with Crippen LogP contribution in [0.2, 0.25) is 0 Å². The molecule has 0 aromatic heterocycles. The van der Waals surface area contributed by atoms with Gasteiger partial charge in [0.05, 0.1) is 22.7 Å². The molecule has 0 heterocycles. The first kappa shape index (κ1) is 38.9. The number of benzene rings is 4. The number of phenols is 4. The van der Waals surface area contributed by atoms with Gasteiger partial charge in [0.2, 0.25) is 10.8 Å². The summed E-state index contributed by atoms with van der Waals surface area (Å²) in [4.78, 5) is 0. The van der Waals surface area contributed by atoms with Gasteiger partial charge in [0, 0.05) is 0 Å². The highest BCUT2D eigenvalue weighted by atomic mass is 19.4. The molecule has 0 aliphatic carbocycles. The summed E-state index contributed by atoms with van der Waals surface area (Å²) in [6.45, 7) is 0. The van der Waals surface area contributed by atoms with Crippen molar-refractivity contribution in [3.8, 4) is 23.0 Å². The third-order valence-electron chi connectivity index (χ3n) is 7.55. The lowest BCUT2D eigenvalue weighted by Crippen LogP contribution is -2.54. The van der Waals surface area contributed by atoms with E-state index in [-0.39, 0.29) is 11.4 Å². The summed E-state index contributed by atoms with van der Waals surface area (Å²) < 4.78 is 165. The molecule has 4 aromatic rings. The molecular weight excluding hydrogens is 708 g/mol. The molecule has 8 nitrogen and oxygen atoms in total. The maximum absolute atomic E-state index is 13.8. The highest BCUT2D eigenvalue weighted by molar-refractivity contribution is 5.62. The number of nitrogen functional groups attached to an aromatic ring is 4. The third-order valence-corrected chi connectivity index (χ3v) is 7.55. The zero-order valence-electron chi connectivity index (χ0n) is 24.6. The van der Waals surface area contributed by atoms with Crippen molar-refractivity contribution in [1.29, 1.82) is 0 Å². The molecule has 0 fully saturated rings. The van der Waals surface area contributed by atoms with Gasteiger partial charge in [0.25, 0.3) is 0 Å². The van der Waals surface area contributed by atoms with Crippen molar-refractivity contribution in [2.45, 2.75) is 35.5 Å². The highest BCUT2D eigenvalue weighted by Gasteiger charge is 2.73. The normalized spacial score (nSPS) is 13.0. The number of alkyl halides is 12. The maximum Gasteiger partial charge on any atom is 0.411 e. The van der Waals surface area contributed by atoms with E-state index in [0.717, 1.165) is 12.1 Å². The number of hydrogen-bond acceptors (Lipinski definition) is 8. The molecule has 0 aliphatic rings. The second-order valence-electron chi connectivity index (χ2n) is 10.6. The minimum Gasteiger partial charge on any atom is -0.506 e. The van der Waals surface area contributed by atoms with Gasteiger partial charge in [0.1, 0.15) is 23.0 Å². The van der Waals surface area contributed by atoms with Crippen LogP contribution in [-0.2, 0) is 10.8 Å². The van der Waals surface area contributed by atoms with Gasteiger partial charge in [-0.2, -0.15) is 52.7 Å². The summed E-state index contributed by atoms with van der Waals surface area (Å²) in [6, 6.07) is 6.13. The average Bonchev–Trinajstić information content (AvgIpc) is 2.94. The monoisotopic (exact) mass is 732 g/mol. The summed E-state index contributed by atoms with van der Waals surface area (Å²) in [6.07, 6.45) is -23.3. The van der Waals surface area contributed by atoms with Crippen LogP contribution >= 0.6 is 0 Å². The molecule has 20 heteroatoms. The predicted molar refractivity (Wildman–Crippen MR) is 156 cm³/mol. The first-order valence-corrected chi connectivity index (χ1v) is 13.3. The van der Waals surface area contributed by atoms with Crippen molar-refractivity contribution in [1.82, 2.24) is 0 Å². The van der Waals surface area contributed by atoms with Crippen LogP contribution in [0.3, 0.4) is 0 Å². The van der Waals surface area contributed by atoms with Gasteiger partial charge in [-0.05, 0) is 70.8 Å². The van der Waals surface area contributed by atoms with Gasteiger partial charge in [-0.3, -0.25) is 0 Å². The second kappa shape index (κ2) is 12.7. The summed E-state index contributed by atoms with van der Waals surface area (Å²) in [5.74, 6) is -3.19. The van der Waals surface area contributed by atoms with E-state index >= 15 is 0 Å². The van der Waals surface area contributed by atoms with E-state index in [2.05, 4.69) is 0 Å². The van der Waals surface area contributed by atoms with Gasteiger partial charge in [-0.1, -0.05) is 24.3 Å². The number of nitrogens with two attached hydrogens (primary N) is 4. The van der Waals surface area contributed by atoms with Crippen LogP contribution in [0.15, 0.2) is 72.8 Å². The lowest BCUT2D eigenvalue weighted by Gasteiger charge is -2.38. The van der Waals surface area contributed by atoms with Gasteiger partial charge in [-0.25, -0.2) is 0 Å². The van der Waals surface area contributed by atoms with Crippen LogP contribution in [0.4, 0.5) is 75.4 Å². The molecule has 0 bridgehead atoms. The molecule has 0 saturated carbocycles. The van der Waals surface area contributed by atoms with Gasteiger partial charge >= 0.3 is 24.7 Å². The molecule has 0 atom stereocenters. The molecule has 4 rings (SSSR count). The van der Waals surface area contributed by atoms with Crippen molar-refractivity contribution in [3.05, 3.63) is 95.1 Å². The summed E-state index contributed by atoms with van der Waals surface area (Å²) >= 11 is 0. The average molecular weight is 733 g/mol. The van der Waals surface area contributed by atoms with E-state index in [0.29, 0.717) is 60.7 Å². The van der Waals surface area contributed by atoms with Crippen LogP contribution in [0.1, 0.15) is 22.3 Å². The summed E-state index contributed by atoms with van der Waals surface area (Å²) in [7, 11) is 0. The number of hydrogen-bond donors (Lipinski definition) is 8. The van der Waals surface area contributed by atoms with Crippen molar-refractivity contribution in [2.75, 3.05) is 22.9 Å². The van der Waals surface area contributed by atoms with E-state index in [1.807, 2.05) is 0 Å². The van der Waals surface area contributed by atoms with Crippen molar-refractivity contribution < 1.29 is 73.1 Å². The van der Waals surface area contributed by atoms with Crippen LogP contribution in [0, 0.1) is 0 Å². The SMILES string of the molecule is Nc1cc(C(c2ccc(O)c(N)c2)(C(F)(F)F)C(F)(F)F)ccc1O.Nc1ccc(C(c2ccc(N)c(O)c2)(C(F)(F)F)C(F)(F)F)cc1O. The Bertz CT molecular complexity index is 1600. The predicted octanol–water partition coefficient (Wildman–Crippen LogP) is 7.35. The van der Waals surface area contributed by atoms with Crippen LogP contribution in [0.5, 0.6) is 23.0 Å². The second-order valence-corrected chi connectivity index (χ2v) is 10.6. The standard InChI is InChI=1S/2C15H12F6N2O2/c16-14(17,18)13(15(19,20)21,7-1-3-11(24)9(22)5-7)8-2-4-12(25)10(23)6-8;16-14(17,18)13(15(19,20)21,7-1-3-9(22)11(24)5-7)8-2-4-10(23)12(25)6-8/h2*1-6,24-25H,22-23H2. The summed E-state index contributed by atoms with van der Waals surface area (Å²) in [5.41, 5.74) is 4.98. The Morgan fingerprint density at radius 3 is 0.780 bits per heavy atom. The largest absolute Gasteiger partial charge is 0.506 e. The van der Waals surface area contributed by atoms with Crippen molar-refractivity contribution in [2.24, 2.45) is 0 Å². The van der Waals surface area contributed by atoms with E-state index in [1.54, 1.807) is 0 Å². The molecule has 272 valence electrons. The Kier molecular flexibility index (Phi) is 9.89. The fraction of sp³-hybridized carbons (Fsp3) is 0.200. The fourth-order valence-corrected chi connectivity index (χ4v) is 5.09. The molecule has 0 unspecified atom stereocenters. The van der Waals surface area contributed by atoms with Crippen LogP contribution < -0.4 is 22.9 Å². The Morgan fingerprint density at radius 2 is 0.560 bits per heavy atom. The Labute approximate surface area is 272 Å². The summed E-state index contributed by atoms with van der Waals surface area (Å²) in [5, 5.41) is 37.7. The van der Waals surface area contributed by atoms with Gasteiger partial charge in [0.15, 0.2) is 0 Å². The lowest BCUT2D eigenvalue weighted by atomic mass is 9.72. The number of rotatable bonds is 4. The van der Waals surface area contributed by atoms with Crippen LogP contribution in [-0.4, -0.2) is 45.1 Å². The number of halogens is 12. The minimum atomic E-state index is -5.85. The fourth-order valence-electron chi connectivity index (χ4n) is 5.09. The molecule has 0 saturated heterocycles. The smallest absolute Gasteiger partial charge is 0.411 e. The molecule has 0 aliphatic heterocycles. The number of phenolic OH excluding ortho intramolecular Hbond substituents is 4. The maximum atomic E-state index is 13.8. The molecule has 12 N–H and O–H groups in total. The number of aromatic hydroxyl groups is 4. The molecule has 0 amide bonds. The molecule has 0 spiro atoms. The van der Waals surface area contributed by atoms with E-state index in [1.165, 1.54) is 0 Å². The topological polar surface area (TPSA) is 185 Å². The highest BCUT2D eigenvalue weighted by Crippen LogP contribution is 2.58. The van der Waals surface area contributed by atoms with E-state index in [4.69, 9.17) is 22.9 Å². The zero-order valence-corrected chi connectivity index (χ0v) is 24.6.